The smallest absolute Gasteiger partial charge is 0.115 e. The van der Waals surface area contributed by atoms with Crippen LogP contribution in [-0.4, -0.2) is 59.6 Å². The molecule has 4 nitrogen and oxygen atoms in total. The third-order valence-corrected chi connectivity index (χ3v) is 4.06. The van der Waals surface area contributed by atoms with Crippen LogP contribution < -0.4 is 0 Å². The fraction of sp³-hybridized carbons (Fsp3) is 0.905. The van der Waals surface area contributed by atoms with Crippen molar-refractivity contribution in [1.29, 1.82) is 0 Å². The molecule has 148 valence electrons. The van der Waals surface area contributed by atoms with Crippen LogP contribution in [0.1, 0.15) is 69.2 Å². The first kappa shape index (κ1) is 22.6. The largest absolute Gasteiger partial charge is 0.371 e. The van der Waals surface area contributed by atoms with Crippen molar-refractivity contribution in [1.82, 2.24) is 4.90 Å². The molecule has 0 saturated heterocycles. The number of ether oxygens (including phenoxy) is 3. The van der Waals surface area contributed by atoms with Crippen molar-refractivity contribution in [2.24, 2.45) is 0 Å². The maximum Gasteiger partial charge on any atom is 0.115 e. The Morgan fingerprint density at radius 3 is 1.92 bits per heavy atom. The molecule has 1 aliphatic rings. The number of hydrogen-bond donors (Lipinski definition) is 0. The lowest BCUT2D eigenvalue weighted by Gasteiger charge is -2.44. The highest BCUT2D eigenvalue weighted by Gasteiger charge is 2.38. The summed E-state index contributed by atoms with van der Waals surface area (Å²) >= 11 is 0. The molecule has 1 rings (SSSR count). The Balaban J connectivity index is 3.21. The molecule has 0 saturated carbocycles. The van der Waals surface area contributed by atoms with Crippen LogP contribution in [0.5, 0.6) is 0 Å². The fourth-order valence-corrected chi connectivity index (χ4v) is 3.05. The maximum absolute atomic E-state index is 6.35. The highest BCUT2D eigenvalue weighted by Crippen LogP contribution is 2.26. The van der Waals surface area contributed by atoms with Gasteiger partial charge < -0.3 is 14.2 Å². The highest BCUT2D eigenvalue weighted by molar-refractivity contribution is 5.03. The molecule has 0 fully saturated rings. The average molecular weight is 356 g/mol. The first-order chi connectivity index (χ1) is 11.3. The summed E-state index contributed by atoms with van der Waals surface area (Å²) in [5.74, 6) is 0. The zero-order valence-electron chi connectivity index (χ0n) is 18.1. The van der Waals surface area contributed by atoms with Crippen LogP contribution in [0, 0.1) is 0 Å². The predicted molar refractivity (Wildman–Crippen MR) is 105 cm³/mol. The molecular weight excluding hydrogens is 314 g/mol. The average Bonchev–Trinajstić information content (AvgIpc) is 2.36. The molecule has 0 aliphatic carbocycles. The molecule has 4 heteroatoms. The van der Waals surface area contributed by atoms with Crippen LogP contribution in [0.4, 0.5) is 0 Å². The quantitative estimate of drug-likeness (QED) is 0.683. The molecule has 0 amide bonds. The zero-order chi connectivity index (χ0) is 19.4. The van der Waals surface area contributed by atoms with E-state index in [-0.39, 0.29) is 41.7 Å². The van der Waals surface area contributed by atoms with Crippen LogP contribution in [0.3, 0.4) is 0 Å². The van der Waals surface area contributed by atoms with Gasteiger partial charge in [0.25, 0.3) is 0 Å². The van der Waals surface area contributed by atoms with Crippen molar-refractivity contribution in [3.8, 4) is 0 Å². The lowest BCUT2D eigenvalue weighted by atomic mass is 9.98. The monoisotopic (exact) mass is 355 g/mol. The minimum absolute atomic E-state index is 0.0427. The van der Waals surface area contributed by atoms with E-state index in [4.69, 9.17) is 14.2 Å². The van der Waals surface area contributed by atoms with Gasteiger partial charge in [0.05, 0.1) is 23.9 Å². The Morgan fingerprint density at radius 1 is 0.920 bits per heavy atom. The van der Waals surface area contributed by atoms with Crippen LogP contribution in [0.2, 0.25) is 0 Å². The molecule has 3 unspecified atom stereocenters. The fourth-order valence-electron chi connectivity index (χ4n) is 3.05. The summed E-state index contributed by atoms with van der Waals surface area (Å²) in [5.41, 5.74) is -0.165. The van der Waals surface area contributed by atoms with E-state index in [2.05, 4.69) is 86.3 Å². The van der Waals surface area contributed by atoms with Crippen molar-refractivity contribution >= 4 is 0 Å². The van der Waals surface area contributed by atoms with Gasteiger partial charge in [-0.05, 0) is 69.2 Å². The van der Waals surface area contributed by atoms with Crippen LogP contribution in [-0.2, 0) is 14.2 Å². The van der Waals surface area contributed by atoms with E-state index < -0.39 is 0 Å². The van der Waals surface area contributed by atoms with Crippen LogP contribution in [0.15, 0.2) is 12.2 Å². The van der Waals surface area contributed by atoms with Crippen molar-refractivity contribution in [2.75, 3.05) is 13.1 Å². The van der Waals surface area contributed by atoms with Gasteiger partial charge >= 0.3 is 0 Å². The normalized spacial score (nSPS) is 28.2. The number of rotatable bonds is 5. The molecular formula is C21H41NO3. The highest BCUT2D eigenvalue weighted by atomic mass is 16.6. The molecule has 0 spiro atoms. The topological polar surface area (TPSA) is 30.9 Å². The molecule has 1 aliphatic heterocycles. The van der Waals surface area contributed by atoms with Gasteiger partial charge in [0, 0.05) is 18.6 Å². The standard InChI is InChI=1S/C21H41NO3/c1-15(2)23-18-14-22(20(5,6)7)13-11-12-17(25-21(8,9)10)19(18)24-16(3)4/h11-12,15-19H,13-14H2,1-10H3/b12-11-. The first-order valence-electron chi connectivity index (χ1n) is 9.70. The van der Waals surface area contributed by atoms with E-state index in [1.54, 1.807) is 0 Å². The Hall–Kier alpha value is -0.420. The van der Waals surface area contributed by atoms with Gasteiger partial charge in [-0.2, -0.15) is 0 Å². The summed E-state index contributed by atoms with van der Waals surface area (Å²) < 4.78 is 19.0. The van der Waals surface area contributed by atoms with Gasteiger partial charge in [-0.3, -0.25) is 4.90 Å². The van der Waals surface area contributed by atoms with Gasteiger partial charge in [0.15, 0.2) is 0 Å². The first-order valence-corrected chi connectivity index (χ1v) is 9.70. The summed E-state index contributed by atoms with van der Waals surface area (Å²) in [6.07, 6.45) is 4.33. The van der Waals surface area contributed by atoms with E-state index in [0.29, 0.717) is 0 Å². The number of hydrogen-bond acceptors (Lipinski definition) is 4. The Labute approximate surface area is 155 Å². The second-order valence-electron chi connectivity index (χ2n) is 9.57. The Kier molecular flexibility index (Phi) is 8.13. The summed E-state index contributed by atoms with van der Waals surface area (Å²) in [5, 5.41) is 0. The summed E-state index contributed by atoms with van der Waals surface area (Å²) in [4.78, 5) is 2.44. The number of nitrogens with zero attached hydrogens (tertiary/aromatic N) is 1. The van der Waals surface area contributed by atoms with Gasteiger partial charge in [-0.1, -0.05) is 12.2 Å². The van der Waals surface area contributed by atoms with E-state index in [9.17, 15) is 0 Å². The van der Waals surface area contributed by atoms with E-state index >= 15 is 0 Å². The lowest BCUT2D eigenvalue weighted by molar-refractivity contribution is -0.182. The summed E-state index contributed by atoms with van der Waals surface area (Å²) in [7, 11) is 0. The molecule has 0 N–H and O–H groups in total. The second-order valence-corrected chi connectivity index (χ2v) is 9.57. The molecule has 0 aromatic carbocycles. The minimum atomic E-state index is -0.237. The second kappa shape index (κ2) is 8.98. The summed E-state index contributed by atoms with van der Waals surface area (Å²) in [6, 6.07) is 0. The molecule has 25 heavy (non-hydrogen) atoms. The Morgan fingerprint density at radius 2 is 1.48 bits per heavy atom. The Bertz CT molecular complexity index is 418. The zero-order valence-corrected chi connectivity index (χ0v) is 18.1. The van der Waals surface area contributed by atoms with Gasteiger partial charge in [-0.15, -0.1) is 0 Å². The summed E-state index contributed by atoms with van der Waals surface area (Å²) in [6.45, 7) is 23.0. The van der Waals surface area contributed by atoms with Gasteiger partial charge in [0.1, 0.15) is 12.2 Å². The maximum atomic E-state index is 6.35. The van der Waals surface area contributed by atoms with E-state index in [1.807, 2.05) is 0 Å². The molecule has 0 radical (unpaired) electrons. The van der Waals surface area contributed by atoms with Crippen LogP contribution in [0.25, 0.3) is 0 Å². The predicted octanol–water partition coefficient (Wildman–Crippen LogP) is 4.43. The van der Waals surface area contributed by atoms with Crippen molar-refractivity contribution in [2.45, 2.75) is 111 Å². The molecule has 1 heterocycles. The van der Waals surface area contributed by atoms with E-state index in [1.165, 1.54) is 0 Å². The molecule has 0 aromatic rings. The lowest BCUT2D eigenvalue weighted by Crippen LogP contribution is -2.55. The van der Waals surface area contributed by atoms with Gasteiger partial charge in [0.2, 0.25) is 0 Å². The van der Waals surface area contributed by atoms with Crippen molar-refractivity contribution < 1.29 is 14.2 Å². The SMILES string of the molecule is CC(C)OC1CN(C(C)(C)C)C/C=C\C(OC(C)(C)C)C1OC(C)C. The van der Waals surface area contributed by atoms with E-state index in [0.717, 1.165) is 13.1 Å². The minimum Gasteiger partial charge on any atom is -0.371 e. The molecule has 3 atom stereocenters. The van der Waals surface area contributed by atoms with Gasteiger partial charge in [-0.25, -0.2) is 0 Å². The third kappa shape index (κ3) is 8.21. The van der Waals surface area contributed by atoms with Crippen molar-refractivity contribution in [3.63, 3.8) is 0 Å². The van der Waals surface area contributed by atoms with Crippen molar-refractivity contribution in [3.05, 3.63) is 12.2 Å². The molecule has 0 bridgehead atoms. The third-order valence-electron chi connectivity index (χ3n) is 4.06. The van der Waals surface area contributed by atoms with Crippen LogP contribution >= 0.6 is 0 Å². The molecule has 0 aromatic heterocycles.